The quantitative estimate of drug-likeness (QED) is 0.824. The number of nitrogens with zero attached hydrogens (tertiary/aromatic N) is 3. The van der Waals surface area contributed by atoms with Crippen molar-refractivity contribution in [3.8, 4) is 0 Å². The number of fused-ring (bicyclic) bond motifs is 1. The lowest BCUT2D eigenvalue weighted by molar-refractivity contribution is -0.00280. The lowest BCUT2D eigenvalue weighted by Gasteiger charge is -2.15. The van der Waals surface area contributed by atoms with E-state index in [0.717, 1.165) is 27.4 Å². The first-order valence-corrected chi connectivity index (χ1v) is 7.61. The number of hydrogen-bond donors (Lipinski definition) is 1. The number of halogens is 1. The predicted molar refractivity (Wildman–Crippen MR) is 82.6 cm³/mol. The Morgan fingerprint density at radius 3 is 3.00 bits per heavy atom. The number of ether oxygens (including phenoxy) is 1. The third kappa shape index (κ3) is 2.10. The van der Waals surface area contributed by atoms with Crippen LogP contribution in [0, 0.1) is 9.49 Å². The maximum Gasteiger partial charge on any atom is 0.148 e. The standard InChI is InChI=1S/C13H17IN4O/c1-3-9-7(2)4-10(19-9)18-5-8(14)11-12(15)16-6-17-13(11)18/h5-7,9-10H,3-4H2,1-2H3,(H2,15,16,17)/t7-,9-,10-/m1/s1. The van der Waals surface area contributed by atoms with Crippen molar-refractivity contribution >= 4 is 39.4 Å². The van der Waals surface area contributed by atoms with Crippen molar-refractivity contribution in [3.63, 3.8) is 0 Å². The van der Waals surface area contributed by atoms with Crippen LogP contribution in [-0.4, -0.2) is 20.6 Å². The van der Waals surface area contributed by atoms with E-state index in [0.29, 0.717) is 17.8 Å². The van der Waals surface area contributed by atoms with Crippen LogP contribution >= 0.6 is 22.6 Å². The van der Waals surface area contributed by atoms with E-state index in [1.54, 1.807) is 0 Å². The molecule has 5 nitrogen and oxygen atoms in total. The van der Waals surface area contributed by atoms with Gasteiger partial charge in [-0.15, -0.1) is 0 Å². The van der Waals surface area contributed by atoms with E-state index in [1.807, 2.05) is 0 Å². The van der Waals surface area contributed by atoms with E-state index in [1.165, 1.54) is 6.33 Å². The van der Waals surface area contributed by atoms with Crippen molar-refractivity contribution in [2.45, 2.75) is 39.0 Å². The molecule has 0 radical (unpaired) electrons. The van der Waals surface area contributed by atoms with Gasteiger partial charge in [-0.05, 0) is 41.4 Å². The summed E-state index contributed by atoms with van der Waals surface area (Å²) in [6, 6.07) is 0. The molecule has 2 aromatic heterocycles. The highest BCUT2D eigenvalue weighted by Crippen LogP contribution is 2.37. The smallest absolute Gasteiger partial charge is 0.148 e. The lowest BCUT2D eigenvalue weighted by Crippen LogP contribution is -2.12. The monoisotopic (exact) mass is 372 g/mol. The molecule has 3 atom stereocenters. The van der Waals surface area contributed by atoms with Crippen molar-refractivity contribution in [2.75, 3.05) is 5.73 Å². The number of aromatic nitrogens is 3. The van der Waals surface area contributed by atoms with Gasteiger partial charge >= 0.3 is 0 Å². The summed E-state index contributed by atoms with van der Waals surface area (Å²) in [6.45, 7) is 4.41. The largest absolute Gasteiger partial charge is 0.383 e. The van der Waals surface area contributed by atoms with Gasteiger partial charge in [0, 0.05) is 9.77 Å². The van der Waals surface area contributed by atoms with Gasteiger partial charge in [0.1, 0.15) is 24.0 Å². The minimum atomic E-state index is 0.0558. The molecular formula is C13H17IN4O. The van der Waals surface area contributed by atoms with Gasteiger partial charge < -0.3 is 15.0 Å². The maximum absolute atomic E-state index is 6.13. The van der Waals surface area contributed by atoms with Crippen LogP contribution < -0.4 is 5.73 Å². The lowest BCUT2D eigenvalue weighted by atomic mass is 10.0. The summed E-state index contributed by atoms with van der Waals surface area (Å²) in [4.78, 5) is 8.43. The highest BCUT2D eigenvalue weighted by molar-refractivity contribution is 14.1. The Kier molecular flexibility index (Phi) is 3.38. The summed E-state index contributed by atoms with van der Waals surface area (Å²) in [5.74, 6) is 1.11. The predicted octanol–water partition coefficient (Wildman–Crippen LogP) is 2.95. The van der Waals surface area contributed by atoms with Crippen LogP contribution in [0.3, 0.4) is 0 Å². The molecule has 0 bridgehead atoms. The van der Waals surface area contributed by atoms with Gasteiger partial charge in [0.15, 0.2) is 0 Å². The highest BCUT2D eigenvalue weighted by atomic mass is 127. The first kappa shape index (κ1) is 13.1. The fraction of sp³-hybridized carbons (Fsp3) is 0.538. The average molecular weight is 372 g/mol. The van der Waals surface area contributed by atoms with Crippen LogP contribution in [0.4, 0.5) is 5.82 Å². The molecule has 3 rings (SSSR count). The van der Waals surface area contributed by atoms with Crippen molar-refractivity contribution in [1.82, 2.24) is 14.5 Å². The maximum atomic E-state index is 6.13. The number of rotatable bonds is 2. The zero-order valence-electron chi connectivity index (χ0n) is 11.0. The van der Waals surface area contributed by atoms with Crippen LogP contribution in [0.2, 0.25) is 0 Å². The van der Waals surface area contributed by atoms with Crippen molar-refractivity contribution in [2.24, 2.45) is 5.92 Å². The van der Waals surface area contributed by atoms with Crippen molar-refractivity contribution in [3.05, 3.63) is 16.1 Å². The van der Waals surface area contributed by atoms with Gasteiger partial charge in [-0.3, -0.25) is 0 Å². The highest BCUT2D eigenvalue weighted by Gasteiger charge is 2.33. The molecule has 102 valence electrons. The fourth-order valence-electron chi connectivity index (χ4n) is 2.82. The summed E-state index contributed by atoms with van der Waals surface area (Å²) < 4.78 is 9.30. The van der Waals surface area contributed by atoms with Gasteiger partial charge in [0.25, 0.3) is 0 Å². The molecular weight excluding hydrogens is 355 g/mol. The number of hydrogen-bond acceptors (Lipinski definition) is 4. The van der Waals surface area contributed by atoms with Gasteiger partial charge in [-0.25, -0.2) is 9.97 Å². The summed E-state index contributed by atoms with van der Waals surface area (Å²) in [6.07, 6.45) is 6.03. The molecule has 2 aromatic rings. The molecule has 1 fully saturated rings. The second-order valence-corrected chi connectivity index (χ2v) is 6.25. The number of nitrogen functional groups attached to an aromatic ring is 1. The topological polar surface area (TPSA) is 66.0 Å². The van der Waals surface area contributed by atoms with Crippen LogP contribution in [0.1, 0.15) is 32.9 Å². The van der Waals surface area contributed by atoms with Crippen LogP contribution in [0.25, 0.3) is 11.0 Å². The Balaban J connectivity index is 2.05. The summed E-state index contributed by atoms with van der Waals surface area (Å²) in [5.41, 5.74) is 6.81. The Morgan fingerprint density at radius 2 is 2.32 bits per heavy atom. The molecule has 1 aliphatic rings. The van der Waals surface area contributed by atoms with Crippen molar-refractivity contribution < 1.29 is 4.74 Å². The zero-order chi connectivity index (χ0) is 13.6. The zero-order valence-corrected chi connectivity index (χ0v) is 13.2. The molecule has 3 heterocycles. The SMILES string of the molecule is CC[C@H]1O[C@@H](n2cc(I)c3c(N)ncnc32)C[C@H]1C. The second kappa shape index (κ2) is 4.90. The second-order valence-electron chi connectivity index (χ2n) is 5.09. The normalized spacial score (nSPS) is 27.2. The summed E-state index contributed by atoms with van der Waals surface area (Å²) >= 11 is 2.27. The van der Waals surface area contributed by atoms with Gasteiger partial charge in [-0.2, -0.15) is 0 Å². The summed E-state index contributed by atoms with van der Waals surface area (Å²) in [7, 11) is 0. The molecule has 0 aliphatic carbocycles. The van der Waals surface area contributed by atoms with Crippen LogP contribution in [0.5, 0.6) is 0 Å². The molecule has 0 amide bonds. The molecule has 1 aliphatic heterocycles. The molecule has 0 spiro atoms. The molecule has 1 saturated heterocycles. The average Bonchev–Trinajstić information content (AvgIpc) is 2.91. The van der Waals surface area contributed by atoms with E-state index in [-0.39, 0.29) is 6.23 Å². The molecule has 2 N–H and O–H groups in total. The van der Waals surface area contributed by atoms with Crippen LogP contribution in [0.15, 0.2) is 12.5 Å². The van der Waals surface area contributed by atoms with E-state index in [4.69, 9.17) is 10.5 Å². The molecule has 6 heteroatoms. The van der Waals surface area contributed by atoms with Gasteiger partial charge in [0.05, 0.1) is 11.5 Å². The van der Waals surface area contributed by atoms with E-state index in [9.17, 15) is 0 Å². The Bertz CT molecular complexity index is 612. The third-order valence-corrected chi connectivity index (χ3v) is 4.66. The molecule has 0 unspecified atom stereocenters. The van der Waals surface area contributed by atoms with Crippen molar-refractivity contribution in [1.29, 1.82) is 0 Å². The third-order valence-electron chi connectivity index (χ3n) is 3.85. The van der Waals surface area contributed by atoms with Crippen LogP contribution in [-0.2, 0) is 4.74 Å². The molecule has 19 heavy (non-hydrogen) atoms. The first-order valence-electron chi connectivity index (χ1n) is 6.53. The Labute approximate surface area is 125 Å². The fourth-order valence-corrected chi connectivity index (χ4v) is 3.64. The Hall–Kier alpha value is -0.890. The van der Waals surface area contributed by atoms with E-state index >= 15 is 0 Å². The minimum Gasteiger partial charge on any atom is -0.383 e. The number of nitrogens with two attached hydrogens (primary N) is 1. The van der Waals surface area contributed by atoms with Gasteiger partial charge in [0.2, 0.25) is 0 Å². The molecule has 0 saturated carbocycles. The summed E-state index contributed by atoms with van der Waals surface area (Å²) in [5, 5.41) is 0.930. The Morgan fingerprint density at radius 1 is 1.53 bits per heavy atom. The van der Waals surface area contributed by atoms with Gasteiger partial charge in [-0.1, -0.05) is 13.8 Å². The van der Waals surface area contributed by atoms with E-state index < -0.39 is 0 Å². The van der Waals surface area contributed by atoms with E-state index in [2.05, 4.69) is 57.2 Å². The molecule has 0 aromatic carbocycles. The minimum absolute atomic E-state index is 0.0558. The first-order chi connectivity index (χ1) is 9.11. The number of anilines is 1.